The zero-order valence-corrected chi connectivity index (χ0v) is 17.8. The summed E-state index contributed by atoms with van der Waals surface area (Å²) in [6, 6.07) is 11.3. The van der Waals surface area contributed by atoms with Crippen LogP contribution in [0.15, 0.2) is 53.7 Å². The van der Waals surface area contributed by atoms with Gasteiger partial charge < -0.3 is 20.7 Å². The number of aliphatic hydroxyl groups is 1. The number of piperidine rings is 1. The molecule has 1 aliphatic heterocycles. The Morgan fingerprint density at radius 1 is 1.29 bits per heavy atom. The van der Waals surface area contributed by atoms with Crippen molar-refractivity contribution in [3.05, 3.63) is 70.5 Å². The van der Waals surface area contributed by atoms with Crippen LogP contribution in [0.25, 0.3) is 5.57 Å². The van der Waals surface area contributed by atoms with Gasteiger partial charge in [-0.2, -0.15) is 0 Å². The molecule has 164 valence electrons. The van der Waals surface area contributed by atoms with Gasteiger partial charge in [0.2, 0.25) is 5.91 Å². The van der Waals surface area contributed by atoms with E-state index >= 15 is 0 Å². The predicted octanol–water partition coefficient (Wildman–Crippen LogP) is 1.44. The first kappa shape index (κ1) is 22.4. The highest BCUT2D eigenvalue weighted by Gasteiger charge is 2.34. The number of carbonyl (C=O) groups is 1. The maximum absolute atomic E-state index is 12.5. The Bertz CT molecular complexity index is 992. The number of hydrogen-bond donors (Lipinski definition) is 3. The molecular weight excluding hydrogens is 394 g/mol. The van der Waals surface area contributed by atoms with E-state index in [0.717, 1.165) is 11.8 Å². The van der Waals surface area contributed by atoms with E-state index in [0.29, 0.717) is 50.0 Å². The summed E-state index contributed by atoms with van der Waals surface area (Å²) in [5.74, 6) is 0.0876. The second-order valence-electron chi connectivity index (χ2n) is 7.86. The van der Waals surface area contributed by atoms with Crippen LogP contribution >= 0.6 is 0 Å². The second-order valence-corrected chi connectivity index (χ2v) is 7.86. The zero-order chi connectivity index (χ0) is 22.3. The molecule has 1 amide bonds. The van der Waals surface area contributed by atoms with Gasteiger partial charge in [-0.3, -0.25) is 14.2 Å². The lowest BCUT2D eigenvalue weighted by molar-refractivity contribution is -0.135. The van der Waals surface area contributed by atoms with E-state index in [2.05, 4.69) is 10.3 Å². The Balaban J connectivity index is 1.57. The van der Waals surface area contributed by atoms with Crippen molar-refractivity contribution < 1.29 is 9.90 Å². The fourth-order valence-corrected chi connectivity index (χ4v) is 3.75. The van der Waals surface area contributed by atoms with Crippen molar-refractivity contribution in [2.45, 2.75) is 37.8 Å². The van der Waals surface area contributed by atoms with Gasteiger partial charge in [-0.05, 0) is 24.8 Å². The molecule has 0 bridgehead atoms. The number of nitrogens with one attached hydrogen (secondary N) is 2. The Kier molecular flexibility index (Phi) is 7.36. The first-order valence-corrected chi connectivity index (χ1v) is 10.4. The predicted molar refractivity (Wildman–Crippen MR) is 120 cm³/mol. The summed E-state index contributed by atoms with van der Waals surface area (Å²) in [5, 5.41) is 21.2. The highest BCUT2D eigenvalue weighted by atomic mass is 16.3. The SMILES string of the molecule is CN/C=C(\C=N)c1cc(=O)n(CC2(O)CCN(C(=O)CCc3ccccc3)CC2)cn1. The van der Waals surface area contributed by atoms with E-state index in [4.69, 9.17) is 5.41 Å². The summed E-state index contributed by atoms with van der Waals surface area (Å²) in [7, 11) is 1.71. The fraction of sp³-hybridized carbons (Fsp3) is 0.391. The number of benzene rings is 1. The third kappa shape index (κ3) is 5.88. The largest absolute Gasteiger partial charge is 0.393 e. The van der Waals surface area contributed by atoms with Gasteiger partial charge >= 0.3 is 0 Å². The average Bonchev–Trinajstić information content (AvgIpc) is 2.78. The van der Waals surface area contributed by atoms with Crippen molar-refractivity contribution in [2.24, 2.45) is 0 Å². The normalized spacial score (nSPS) is 16.1. The van der Waals surface area contributed by atoms with Crippen LogP contribution in [0, 0.1) is 5.41 Å². The van der Waals surface area contributed by atoms with Crippen molar-refractivity contribution in [1.29, 1.82) is 5.41 Å². The molecule has 8 heteroatoms. The van der Waals surface area contributed by atoms with Crippen LogP contribution < -0.4 is 10.9 Å². The van der Waals surface area contributed by atoms with Gasteiger partial charge in [0.1, 0.15) is 0 Å². The standard InChI is InChI=1S/C23H29N5O3/c1-25-15-19(14-24)20-13-22(30)28(17-26-20)16-23(31)9-11-27(12-10-23)21(29)8-7-18-5-3-2-4-6-18/h2-6,13-15,17,24-25,31H,7-12,16H2,1H3/b19-15+,24-14?. The summed E-state index contributed by atoms with van der Waals surface area (Å²) in [6.07, 6.45) is 6.08. The van der Waals surface area contributed by atoms with Crippen molar-refractivity contribution in [1.82, 2.24) is 19.8 Å². The third-order valence-electron chi connectivity index (χ3n) is 5.61. The summed E-state index contributed by atoms with van der Waals surface area (Å²) in [6.45, 7) is 1.06. The maximum atomic E-state index is 12.5. The lowest BCUT2D eigenvalue weighted by Gasteiger charge is -2.38. The molecule has 8 nitrogen and oxygen atoms in total. The molecule has 1 aliphatic rings. The van der Waals surface area contributed by atoms with Gasteiger partial charge in [-0.25, -0.2) is 4.98 Å². The minimum Gasteiger partial charge on any atom is -0.393 e. The number of nitrogens with zero attached hydrogens (tertiary/aromatic N) is 3. The van der Waals surface area contributed by atoms with Gasteiger partial charge in [0.15, 0.2) is 0 Å². The topological polar surface area (TPSA) is 111 Å². The quantitative estimate of drug-likeness (QED) is 0.557. The number of aromatic nitrogens is 2. The molecule has 1 aromatic heterocycles. The summed E-state index contributed by atoms with van der Waals surface area (Å²) < 4.78 is 1.39. The minimum atomic E-state index is -1.06. The Labute approximate surface area is 181 Å². The number of allylic oxidation sites excluding steroid dienone is 1. The van der Waals surface area contributed by atoms with Gasteiger partial charge in [0, 0.05) is 50.6 Å². The second kappa shape index (κ2) is 10.2. The van der Waals surface area contributed by atoms with Crippen molar-refractivity contribution in [3.63, 3.8) is 0 Å². The van der Waals surface area contributed by atoms with E-state index in [1.165, 1.54) is 17.0 Å². The van der Waals surface area contributed by atoms with E-state index < -0.39 is 5.60 Å². The Morgan fingerprint density at radius 2 is 2.00 bits per heavy atom. The van der Waals surface area contributed by atoms with Gasteiger partial charge in [-0.15, -0.1) is 0 Å². The molecule has 1 saturated heterocycles. The third-order valence-corrected chi connectivity index (χ3v) is 5.61. The lowest BCUT2D eigenvalue weighted by Crippen LogP contribution is -2.49. The molecule has 1 fully saturated rings. The van der Waals surface area contributed by atoms with Crippen LogP contribution in [-0.4, -0.2) is 57.4 Å². The number of aryl methyl sites for hydroxylation is 1. The average molecular weight is 424 g/mol. The van der Waals surface area contributed by atoms with Crippen LogP contribution in [0.1, 0.15) is 30.5 Å². The molecule has 0 saturated carbocycles. The number of amides is 1. The first-order chi connectivity index (χ1) is 14.9. The van der Waals surface area contributed by atoms with E-state index in [1.807, 2.05) is 30.3 Å². The number of carbonyl (C=O) groups excluding carboxylic acids is 1. The molecule has 2 heterocycles. The van der Waals surface area contributed by atoms with Gasteiger partial charge in [-0.1, -0.05) is 30.3 Å². The Hall–Kier alpha value is -3.26. The first-order valence-electron chi connectivity index (χ1n) is 10.4. The summed E-state index contributed by atoms with van der Waals surface area (Å²) in [4.78, 5) is 31.1. The summed E-state index contributed by atoms with van der Waals surface area (Å²) in [5.41, 5.74) is 0.678. The van der Waals surface area contributed by atoms with Crippen LogP contribution in [0.2, 0.25) is 0 Å². The van der Waals surface area contributed by atoms with Crippen molar-refractivity contribution in [3.8, 4) is 0 Å². The number of rotatable bonds is 8. The molecule has 0 atom stereocenters. The monoisotopic (exact) mass is 423 g/mol. The van der Waals surface area contributed by atoms with Crippen LogP contribution in [-0.2, 0) is 17.8 Å². The molecule has 0 unspecified atom stereocenters. The molecule has 3 rings (SSSR count). The molecule has 0 spiro atoms. The molecule has 1 aromatic carbocycles. The number of hydrogen-bond acceptors (Lipinski definition) is 6. The van der Waals surface area contributed by atoms with E-state index in [9.17, 15) is 14.7 Å². The number of likely N-dealkylation sites (tertiary alicyclic amines) is 1. The van der Waals surface area contributed by atoms with Gasteiger partial charge in [0.25, 0.3) is 5.56 Å². The van der Waals surface area contributed by atoms with Crippen LogP contribution in [0.4, 0.5) is 0 Å². The highest BCUT2D eigenvalue weighted by Crippen LogP contribution is 2.24. The molecule has 3 N–H and O–H groups in total. The maximum Gasteiger partial charge on any atom is 0.253 e. The molecular formula is C23H29N5O3. The zero-order valence-electron chi connectivity index (χ0n) is 17.8. The highest BCUT2D eigenvalue weighted by molar-refractivity contribution is 6.07. The minimum absolute atomic E-state index is 0.0876. The van der Waals surface area contributed by atoms with Crippen LogP contribution in [0.5, 0.6) is 0 Å². The van der Waals surface area contributed by atoms with E-state index in [-0.39, 0.29) is 18.0 Å². The van der Waals surface area contributed by atoms with Gasteiger partial charge in [0.05, 0.1) is 24.2 Å². The molecule has 0 radical (unpaired) electrons. The Morgan fingerprint density at radius 3 is 2.61 bits per heavy atom. The lowest BCUT2D eigenvalue weighted by atomic mass is 9.91. The van der Waals surface area contributed by atoms with Crippen molar-refractivity contribution in [2.75, 3.05) is 20.1 Å². The molecule has 2 aromatic rings. The molecule has 0 aliphatic carbocycles. The van der Waals surface area contributed by atoms with Crippen molar-refractivity contribution >= 4 is 17.7 Å². The van der Waals surface area contributed by atoms with Crippen LogP contribution in [0.3, 0.4) is 0 Å². The fourth-order valence-electron chi connectivity index (χ4n) is 3.75. The smallest absolute Gasteiger partial charge is 0.253 e. The summed E-state index contributed by atoms with van der Waals surface area (Å²) >= 11 is 0. The van der Waals surface area contributed by atoms with E-state index in [1.54, 1.807) is 18.1 Å². The molecule has 31 heavy (non-hydrogen) atoms.